The first kappa shape index (κ1) is 14.1. The zero-order valence-corrected chi connectivity index (χ0v) is 12.5. The molecule has 110 valence electrons. The van der Waals surface area contributed by atoms with Crippen molar-refractivity contribution in [3.8, 4) is 0 Å². The molecule has 0 saturated heterocycles. The zero-order chi connectivity index (χ0) is 15.5. The lowest BCUT2D eigenvalue weighted by molar-refractivity contribution is 0.0988. The summed E-state index contributed by atoms with van der Waals surface area (Å²) in [5, 5.41) is 2.20. The van der Waals surface area contributed by atoms with Crippen molar-refractivity contribution >= 4 is 28.1 Å². The third-order valence-electron chi connectivity index (χ3n) is 3.75. The van der Waals surface area contributed by atoms with Gasteiger partial charge in [0.05, 0.1) is 5.69 Å². The summed E-state index contributed by atoms with van der Waals surface area (Å²) in [4.78, 5) is 14.6. The lowest BCUT2D eigenvalue weighted by Gasteiger charge is -2.23. The number of nitrogen functional groups attached to an aromatic ring is 1. The molecule has 3 nitrogen and oxygen atoms in total. The molecule has 3 rings (SSSR count). The van der Waals surface area contributed by atoms with Gasteiger partial charge in [-0.15, -0.1) is 0 Å². The Labute approximate surface area is 130 Å². The molecule has 22 heavy (non-hydrogen) atoms. The third kappa shape index (κ3) is 2.53. The van der Waals surface area contributed by atoms with Crippen molar-refractivity contribution in [3.63, 3.8) is 0 Å². The van der Waals surface area contributed by atoms with Crippen LogP contribution in [0.2, 0.25) is 0 Å². The molecule has 0 atom stereocenters. The fraction of sp³-hybridized carbons (Fsp3) is 0.105. The standard InChI is InChI=1S/C19H18N2O/c1-2-21(19(22)15-9-5-10-16(20)13-15)18-12-6-8-14-7-3-4-11-17(14)18/h3-13H,2,20H2,1H3. The number of nitrogens with two attached hydrogens (primary N) is 1. The van der Waals surface area contributed by atoms with Gasteiger partial charge in [0.25, 0.3) is 5.91 Å². The quantitative estimate of drug-likeness (QED) is 0.738. The van der Waals surface area contributed by atoms with E-state index in [9.17, 15) is 4.79 Å². The number of hydrogen-bond acceptors (Lipinski definition) is 2. The average Bonchev–Trinajstić information content (AvgIpc) is 2.55. The number of fused-ring (bicyclic) bond motifs is 1. The summed E-state index contributed by atoms with van der Waals surface area (Å²) in [6.07, 6.45) is 0. The Balaban J connectivity index is 2.08. The molecule has 3 aromatic rings. The summed E-state index contributed by atoms with van der Waals surface area (Å²) >= 11 is 0. The highest BCUT2D eigenvalue weighted by Gasteiger charge is 2.18. The Morgan fingerprint density at radius 3 is 2.50 bits per heavy atom. The SMILES string of the molecule is CCN(C(=O)c1cccc(N)c1)c1cccc2ccccc12. The van der Waals surface area contributed by atoms with Crippen LogP contribution in [-0.4, -0.2) is 12.5 Å². The van der Waals surface area contributed by atoms with Crippen molar-refractivity contribution in [1.82, 2.24) is 0 Å². The van der Waals surface area contributed by atoms with Gasteiger partial charge in [0.2, 0.25) is 0 Å². The van der Waals surface area contributed by atoms with E-state index in [1.54, 1.807) is 29.2 Å². The maximum atomic E-state index is 12.8. The maximum Gasteiger partial charge on any atom is 0.258 e. The Kier molecular flexibility index (Phi) is 3.79. The van der Waals surface area contributed by atoms with Crippen LogP contribution in [-0.2, 0) is 0 Å². The molecule has 0 heterocycles. The van der Waals surface area contributed by atoms with E-state index < -0.39 is 0 Å². The number of carbonyl (C=O) groups excluding carboxylic acids is 1. The molecule has 3 heteroatoms. The van der Waals surface area contributed by atoms with Gasteiger partial charge in [0, 0.05) is 23.2 Å². The van der Waals surface area contributed by atoms with Crippen molar-refractivity contribution < 1.29 is 4.79 Å². The summed E-state index contributed by atoms with van der Waals surface area (Å²) in [7, 11) is 0. The number of carbonyl (C=O) groups is 1. The second kappa shape index (κ2) is 5.90. The fourth-order valence-electron chi connectivity index (χ4n) is 2.69. The number of nitrogens with zero attached hydrogens (tertiary/aromatic N) is 1. The van der Waals surface area contributed by atoms with Crippen LogP contribution in [0.25, 0.3) is 10.8 Å². The second-order valence-electron chi connectivity index (χ2n) is 5.17. The minimum Gasteiger partial charge on any atom is -0.399 e. The minimum absolute atomic E-state index is 0.0360. The number of rotatable bonds is 3. The van der Waals surface area contributed by atoms with E-state index in [4.69, 9.17) is 5.73 Å². The number of benzene rings is 3. The molecule has 0 aliphatic heterocycles. The molecular formula is C19H18N2O. The Morgan fingerprint density at radius 2 is 1.73 bits per heavy atom. The third-order valence-corrected chi connectivity index (χ3v) is 3.75. The van der Waals surface area contributed by atoms with Gasteiger partial charge >= 0.3 is 0 Å². The Hall–Kier alpha value is -2.81. The van der Waals surface area contributed by atoms with Gasteiger partial charge in [0.15, 0.2) is 0 Å². The van der Waals surface area contributed by atoms with Crippen LogP contribution in [0.1, 0.15) is 17.3 Å². The molecule has 1 amide bonds. The Bertz CT molecular complexity index is 821. The van der Waals surface area contributed by atoms with Gasteiger partial charge in [-0.05, 0) is 36.6 Å². The van der Waals surface area contributed by atoms with Crippen molar-refractivity contribution in [2.75, 3.05) is 17.2 Å². The molecule has 0 unspecified atom stereocenters. The van der Waals surface area contributed by atoms with E-state index >= 15 is 0 Å². The highest BCUT2D eigenvalue weighted by molar-refractivity contribution is 6.11. The topological polar surface area (TPSA) is 46.3 Å². The molecule has 0 fully saturated rings. The van der Waals surface area contributed by atoms with Crippen molar-refractivity contribution in [1.29, 1.82) is 0 Å². The minimum atomic E-state index is -0.0360. The van der Waals surface area contributed by atoms with E-state index in [0.717, 1.165) is 16.5 Å². The smallest absolute Gasteiger partial charge is 0.258 e. The normalized spacial score (nSPS) is 10.6. The van der Waals surface area contributed by atoms with Crippen LogP contribution >= 0.6 is 0 Å². The van der Waals surface area contributed by atoms with Crippen molar-refractivity contribution in [3.05, 3.63) is 72.3 Å². The highest BCUT2D eigenvalue weighted by Crippen LogP contribution is 2.28. The zero-order valence-electron chi connectivity index (χ0n) is 12.5. The van der Waals surface area contributed by atoms with Gasteiger partial charge in [0.1, 0.15) is 0 Å². The maximum absolute atomic E-state index is 12.8. The van der Waals surface area contributed by atoms with E-state index in [2.05, 4.69) is 12.1 Å². The van der Waals surface area contributed by atoms with Crippen LogP contribution in [0.15, 0.2) is 66.7 Å². The molecular weight excluding hydrogens is 272 g/mol. The lowest BCUT2D eigenvalue weighted by Crippen LogP contribution is -2.30. The summed E-state index contributed by atoms with van der Waals surface area (Å²) in [5.41, 5.74) is 7.92. The van der Waals surface area contributed by atoms with Crippen LogP contribution in [0, 0.1) is 0 Å². The highest BCUT2D eigenvalue weighted by atomic mass is 16.2. The first-order valence-corrected chi connectivity index (χ1v) is 7.36. The first-order chi connectivity index (χ1) is 10.7. The van der Waals surface area contributed by atoms with Gasteiger partial charge < -0.3 is 10.6 Å². The number of anilines is 2. The summed E-state index contributed by atoms with van der Waals surface area (Å²) < 4.78 is 0. The van der Waals surface area contributed by atoms with Crippen LogP contribution in [0.4, 0.5) is 11.4 Å². The van der Waals surface area contributed by atoms with Crippen molar-refractivity contribution in [2.45, 2.75) is 6.92 Å². The van der Waals surface area contributed by atoms with Gasteiger partial charge in [-0.1, -0.05) is 42.5 Å². The fourth-order valence-corrected chi connectivity index (χ4v) is 2.69. The molecule has 3 aromatic carbocycles. The number of hydrogen-bond donors (Lipinski definition) is 1. The molecule has 0 bridgehead atoms. The Morgan fingerprint density at radius 1 is 1.00 bits per heavy atom. The molecule has 0 aliphatic rings. The molecule has 0 saturated carbocycles. The van der Waals surface area contributed by atoms with Crippen LogP contribution in [0.3, 0.4) is 0 Å². The van der Waals surface area contributed by atoms with E-state index in [0.29, 0.717) is 17.8 Å². The lowest BCUT2D eigenvalue weighted by atomic mass is 10.1. The summed E-state index contributed by atoms with van der Waals surface area (Å²) in [6, 6.07) is 21.2. The van der Waals surface area contributed by atoms with Gasteiger partial charge in [-0.3, -0.25) is 4.79 Å². The summed E-state index contributed by atoms with van der Waals surface area (Å²) in [5.74, 6) is -0.0360. The van der Waals surface area contributed by atoms with Crippen LogP contribution in [0.5, 0.6) is 0 Å². The second-order valence-corrected chi connectivity index (χ2v) is 5.17. The molecule has 0 radical (unpaired) electrons. The summed E-state index contributed by atoms with van der Waals surface area (Å²) in [6.45, 7) is 2.58. The predicted molar refractivity (Wildman–Crippen MR) is 92.2 cm³/mol. The van der Waals surface area contributed by atoms with E-state index in [1.165, 1.54) is 0 Å². The molecule has 2 N–H and O–H groups in total. The van der Waals surface area contributed by atoms with E-state index in [1.807, 2.05) is 37.3 Å². The monoisotopic (exact) mass is 290 g/mol. The first-order valence-electron chi connectivity index (χ1n) is 7.36. The molecule has 0 aliphatic carbocycles. The number of amides is 1. The van der Waals surface area contributed by atoms with E-state index in [-0.39, 0.29) is 5.91 Å². The molecule has 0 spiro atoms. The van der Waals surface area contributed by atoms with Crippen molar-refractivity contribution in [2.24, 2.45) is 0 Å². The average molecular weight is 290 g/mol. The predicted octanol–water partition coefficient (Wildman–Crippen LogP) is 4.09. The van der Waals surface area contributed by atoms with Crippen LogP contribution < -0.4 is 10.6 Å². The van der Waals surface area contributed by atoms with Gasteiger partial charge in [-0.25, -0.2) is 0 Å². The molecule has 0 aromatic heterocycles. The largest absolute Gasteiger partial charge is 0.399 e. The van der Waals surface area contributed by atoms with Gasteiger partial charge in [-0.2, -0.15) is 0 Å².